The van der Waals surface area contributed by atoms with Gasteiger partial charge in [-0.3, -0.25) is 4.79 Å². The van der Waals surface area contributed by atoms with Crippen LogP contribution in [0.1, 0.15) is 19.8 Å². The number of ether oxygens (including phenoxy) is 3. The van der Waals surface area contributed by atoms with Crippen LogP contribution in [0.2, 0.25) is 0 Å². The lowest BCUT2D eigenvalue weighted by Crippen LogP contribution is -2.49. The Morgan fingerprint density at radius 2 is 1.71 bits per heavy atom. The minimum Gasteiger partial charge on any atom is -0.493 e. The Morgan fingerprint density at radius 3 is 2.29 bits per heavy atom. The number of methoxy groups -OCH3 is 3. The monoisotopic (exact) mass is 412 g/mol. The standard InChI is InChI=1S/C19H28N2O6S/c1-12(22)20-16-7-13-10-21(11-14(13)8-18(16)26-3)28(23,24)15-5-6-17(25-2)19(9-15)27-4/h5-6,9,13-14,16,18H,7-8,10-11H2,1-4H3,(H,20,22)/t13-,14+,16-,18-/m1/s1. The lowest BCUT2D eigenvalue weighted by atomic mass is 9.77. The van der Waals surface area contributed by atoms with Crippen molar-refractivity contribution in [3.05, 3.63) is 18.2 Å². The van der Waals surface area contributed by atoms with Gasteiger partial charge in [-0.25, -0.2) is 8.42 Å². The number of hydrogen-bond donors (Lipinski definition) is 1. The van der Waals surface area contributed by atoms with Crippen molar-refractivity contribution in [2.24, 2.45) is 11.8 Å². The summed E-state index contributed by atoms with van der Waals surface area (Å²) < 4.78 is 43.9. The number of sulfonamides is 1. The Labute approximate surface area is 166 Å². The first kappa shape index (κ1) is 20.9. The second-order valence-corrected chi connectivity index (χ2v) is 9.35. The summed E-state index contributed by atoms with van der Waals surface area (Å²) in [6.07, 6.45) is 1.33. The van der Waals surface area contributed by atoms with Crippen LogP contribution in [0.15, 0.2) is 23.1 Å². The molecule has 0 aromatic heterocycles. The van der Waals surface area contributed by atoms with Gasteiger partial charge in [0.15, 0.2) is 11.5 Å². The molecule has 3 rings (SSSR count). The van der Waals surface area contributed by atoms with E-state index < -0.39 is 10.0 Å². The predicted molar refractivity (Wildman–Crippen MR) is 103 cm³/mol. The van der Waals surface area contributed by atoms with Crippen LogP contribution in [0.4, 0.5) is 0 Å². The van der Waals surface area contributed by atoms with Gasteiger partial charge in [-0.2, -0.15) is 4.31 Å². The molecule has 1 aliphatic heterocycles. The maximum Gasteiger partial charge on any atom is 0.243 e. The topological polar surface area (TPSA) is 94.2 Å². The van der Waals surface area contributed by atoms with E-state index in [1.54, 1.807) is 13.2 Å². The highest BCUT2D eigenvalue weighted by Gasteiger charge is 2.46. The van der Waals surface area contributed by atoms with Crippen LogP contribution in [-0.2, 0) is 19.6 Å². The summed E-state index contributed by atoms with van der Waals surface area (Å²) in [5.74, 6) is 1.17. The highest BCUT2D eigenvalue weighted by Crippen LogP contribution is 2.40. The number of nitrogens with one attached hydrogen (secondary N) is 1. The third-order valence-electron chi connectivity index (χ3n) is 5.77. The van der Waals surface area contributed by atoms with Gasteiger partial charge in [0.2, 0.25) is 15.9 Å². The van der Waals surface area contributed by atoms with Gasteiger partial charge in [-0.15, -0.1) is 0 Å². The van der Waals surface area contributed by atoms with Crippen molar-refractivity contribution in [1.29, 1.82) is 0 Å². The molecular weight excluding hydrogens is 384 g/mol. The zero-order valence-electron chi connectivity index (χ0n) is 16.7. The molecule has 2 fully saturated rings. The van der Waals surface area contributed by atoms with Crippen LogP contribution >= 0.6 is 0 Å². The maximum absolute atomic E-state index is 13.2. The second-order valence-electron chi connectivity index (χ2n) is 7.41. The van der Waals surface area contributed by atoms with Gasteiger partial charge >= 0.3 is 0 Å². The quantitative estimate of drug-likeness (QED) is 0.756. The molecule has 4 atom stereocenters. The van der Waals surface area contributed by atoms with Crippen molar-refractivity contribution in [1.82, 2.24) is 9.62 Å². The van der Waals surface area contributed by atoms with Crippen molar-refractivity contribution in [3.8, 4) is 11.5 Å². The third kappa shape index (κ3) is 3.97. The van der Waals surface area contributed by atoms with Crippen molar-refractivity contribution in [2.75, 3.05) is 34.4 Å². The molecule has 0 bridgehead atoms. The molecule has 1 amide bonds. The molecule has 1 aromatic rings. The van der Waals surface area contributed by atoms with Crippen LogP contribution in [-0.4, -0.2) is 65.2 Å². The zero-order chi connectivity index (χ0) is 20.5. The summed E-state index contributed by atoms with van der Waals surface area (Å²) in [6.45, 7) is 2.38. The number of benzene rings is 1. The van der Waals surface area contributed by atoms with E-state index in [-0.39, 0.29) is 34.8 Å². The fourth-order valence-electron chi connectivity index (χ4n) is 4.37. The minimum atomic E-state index is -3.65. The minimum absolute atomic E-state index is 0.0903. The molecule has 1 saturated carbocycles. The molecule has 1 aromatic carbocycles. The SMILES string of the molecule is COc1ccc(S(=O)(=O)N2C[C@H]3C[C@@H](NC(C)=O)[C@H](OC)C[C@H]3C2)cc1OC. The number of amides is 1. The van der Waals surface area contributed by atoms with E-state index in [0.717, 1.165) is 6.42 Å². The first-order valence-corrected chi connectivity index (χ1v) is 10.8. The molecule has 28 heavy (non-hydrogen) atoms. The van der Waals surface area contributed by atoms with E-state index in [2.05, 4.69) is 5.32 Å². The van der Waals surface area contributed by atoms with E-state index >= 15 is 0 Å². The predicted octanol–water partition coefficient (Wildman–Crippen LogP) is 1.25. The zero-order valence-corrected chi connectivity index (χ0v) is 17.5. The number of carbonyl (C=O) groups is 1. The normalized spacial score (nSPS) is 27.9. The summed E-state index contributed by atoms with van der Waals surface area (Å²) in [7, 11) is 0.969. The summed E-state index contributed by atoms with van der Waals surface area (Å²) in [4.78, 5) is 11.7. The fourth-order valence-corrected chi connectivity index (χ4v) is 5.94. The van der Waals surface area contributed by atoms with E-state index in [1.165, 1.54) is 37.6 Å². The lowest BCUT2D eigenvalue weighted by molar-refractivity contribution is -0.121. The Kier molecular flexibility index (Phi) is 6.16. The first-order valence-electron chi connectivity index (χ1n) is 9.32. The fraction of sp³-hybridized carbons (Fsp3) is 0.632. The lowest BCUT2D eigenvalue weighted by Gasteiger charge is -2.37. The molecule has 0 unspecified atom stereocenters. The van der Waals surface area contributed by atoms with Gasteiger partial charge in [0.05, 0.1) is 31.3 Å². The van der Waals surface area contributed by atoms with Gasteiger partial charge in [0.1, 0.15) is 0 Å². The average Bonchev–Trinajstić information content (AvgIpc) is 3.09. The van der Waals surface area contributed by atoms with Crippen LogP contribution in [0.5, 0.6) is 11.5 Å². The number of hydrogen-bond acceptors (Lipinski definition) is 6. The number of rotatable bonds is 6. The largest absolute Gasteiger partial charge is 0.493 e. The number of fused-ring (bicyclic) bond motifs is 1. The summed E-state index contributed by atoms with van der Waals surface area (Å²) in [5, 5.41) is 2.95. The van der Waals surface area contributed by atoms with E-state index in [4.69, 9.17) is 14.2 Å². The molecule has 1 heterocycles. The number of carbonyl (C=O) groups excluding carboxylic acids is 1. The smallest absolute Gasteiger partial charge is 0.243 e. The van der Waals surface area contributed by atoms with Gasteiger partial charge < -0.3 is 19.5 Å². The van der Waals surface area contributed by atoms with Gasteiger partial charge in [0.25, 0.3) is 0 Å². The first-order chi connectivity index (χ1) is 13.3. The van der Waals surface area contributed by atoms with Gasteiger partial charge in [-0.1, -0.05) is 0 Å². The average molecular weight is 413 g/mol. The Bertz CT molecular complexity index is 828. The molecule has 8 nitrogen and oxygen atoms in total. The molecule has 1 aliphatic carbocycles. The Morgan fingerprint density at radius 1 is 1.07 bits per heavy atom. The molecule has 1 N–H and O–H groups in total. The number of nitrogens with zero attached hydrogens (tertiary/aromatic N) is 1. The van der Waals surface area contributed by atoms with Crippen LogP contribution < -0.4 is 14.8 Å². The second kappa shape index (κ2) is 8.26. The van der Waals surface area contributed by atoms with E-state index in [0.29, 0.717) is 31.0 Å². The maximum atomic E-state index is 13.2. The summed E-state index contributed by atoms with van der Waals surface area (Å²) in [5.41, 5.74) is 0. The molecule has 156 valence electrons. The molecule has 2 aliphatic rings. The molecule has 0 spiro atoms. The van der Waals surface area contributed by atoms with Crippen molar-refractivity contribution in [3.63, 3.8) is 0 Å². The van der Waals surface area contributed by atoms with Crippen LogP contribution in [0.25, 0.3) is 0 Å². The molecule has 9 heteroatoms. The molecule has 1 saturated heterocycles. The van der Waals surface area contributed by atoms with Crippen molar-refractivity contribution >= 4 is 15.9 Å². The summed E-state index contributed by atoms with van der Waals surface area (Å²) >= 11 is 0. The molecular formula is C19H28N2O6S. The molecule has 0 radical (unpaired) electrons. The third-order valence-corrected chi connectivity index (χ3v) is 7.60. The highest BCUT2D eigenvalue weighted by atomic mass is 32.2. The Balaban J connectivity index is 1.80. The van der Waals surface area contributed by atoms with Crippen molar-refractivity contribution in [2.45, 2.75) is 36.8 Å². The van der Waals surface area contributed by atoms with Crippen molar-refractivity contribution < 1.29 is 27.4 Å². The van der Waals surface area contributed by atoms with Gasteiger partial charge in [-0.05, 0) is 36.8 Å². The highest BCUT2D eigenvalue weighted by molar-refractivity contribution is 7.89. The summed E-state index contributed by atoms with van der Waals surface area (Å²) in [6, 6.07) is 4.54. The van der Waals surface area contributed by atoms with Crippen LogP contribution in [0, 0.1) is 11.8 Å². The van der Waals surface area contributed by atoms with E-state index in [9.17, 15) is 13.2 Å². The Hall–Kier alpha value is -1.84. The van der Waals surface area contributed by atoms with Gasteiger partial charge in [0, 0.05) is 33.2 Å². The van der Waals surface area contributed by atoms with Crippen LogP contribution in [0.3, 0.4) is 0 Å². The van der Waals surface area contributed by atoms with E-state index in [1.807, 2.05) is 0 Å².